The molecule has 3 heterocycles. The zero-order valence-electron chi connectivity index (χ0n) is 11.6. The number of rotatable bonds is 1. The summed E-state index contributed by atoms with van der Waals surface area (Å²) in [5, 5.41) is 0. The first-order chi connectivity index (χ1) is 9.66. The highest BCUT2D eigenvalue weighted by Gasteiger charge is 2.23. The molecule has 0 saturated carbocycles. The molecular weight excluding hydrogens is 318 g/mol. The van der Waals surface area contributed by atoms with E-state index < -0.39 is 0 Å². The Morgan fingerprint density at radius 3 is 2.60 bits per heavy atom. The van der Waals surface area contributed by atoms with Gasteiger partial charge < -0.3 is 4.90 Å². The van der Waals surface area contributed by atoms with Crippen LogP contribution in [-0.4, -0.2) is 33.3 Å². The molecule has 0 radical (unpaired) electrons. The number of aryl methyl sites for hydroxylation is 1. The van der Waals surface area contributed by atoms with E-state index in [0.717, 1.165) is 41.7 Å². The summed E-state index contributed by atoms with van der Waals surface area (Å²) in [5.74, 6) is 0.106. The lowest BCUT2D eigenvalue weighted by Gasteiger charge is -2.20. The number of hydrogen-bond donors (Lipinski definition) is 0. The standard InChI is InChI=1S/C15H18BrN3O/c1-11-14(15(20)18-8-4-2-3-5-9-18)19-10-12(16)6-7-13(19)17-11/h6-7,10H,2-5,8-9H2,1H3. The lowest BCUT2D eigenvalue weighted by Crippen LogP contribution is -2.33. The number of aromatic nitrogens is 2. The fourth-order valence-corrected chi connectivity index (χ4v) is 3.15. The van der Waals surface area contributed by atoms with Gasteiger partial charge in [0.05, 0.1) is 5.69 Å². The van der Waals surface area contributed by atoms with E-state index in [4.69, 9.17) is 0 Å². The molecule has 2 aromatic rings. The number of likely N-dealkylation sites (tertiary alicyclic amines) is 1. The average molecular weight is 336 g/mol. The summed E-state index contributed by atoms with van der Waals surface area (Å²) >= 11 is 3.46. The van der Waals surface area contributed by atoms with E-state index in [9.17, 15) is 4.79 Å². The molecule has 106 valence electrons. The number of fused-ring (bicyclic) bond motifs is 1. The second-order valence-electron chi connectivity index (χ2n) is 5.33. The van der Waals surface area contributed by atoms with E-state index in [0.29, 0.717) is 5.69 Å². The van der Waals surface area contributed by atoms with Gasteiger partial charge in [0.1, 0.15) is 11.3 Å². The first-order valence-corrected chi connectivity index (χ1v) is 7.89. The van der Waals surface area contributed by atoms with Gasteiger partial charge in [0, 0.05) is 23.8 Å². The van der Waals surface area contributed by atoms with E-state index in [2.05, 4.69) is 20.9 Å². The summed E-state index contributed by atoms with van der Waals surface area (Å²) in [4.78, 5) is 19.3. The normalized spacial score (nSPS) is 16.4. The Hall–Kier alpha value is -1.36. The minimum absolute atomic E-state index is 0.106. The van der Waals surface area contributed by atoms with E-state index in [1.165, 1.54) is 12.8 Å². The molecule has 1 aliphatic rings. The summed E-state index contributed by atoms with van der Waals surface area (Å²) < 4.78 is 2.85. The molecule has 1 amide bonds. The third-order valence-electron chi connectivity index (χ3n) is 3.85. The van der Waals surface area contributed by atoms with Crippen molar-refractivity contribution < 1.29 is 4.79 Å². The number of nitrogens with zero attached hydrogens (tertiary/aromatic N) is 3. The fourth-order valence-electron chi connectivity index (χ4n) is 2.82. The predicted octanol–water partition coefficient (Wildman–Crippen LogP) is 3.42. The molecule has 0 aliphatic carbocycles. The van der Waals surface area contributed by atoms with Gasteiger partial charge in [0.2, 0.25) is 0 Å². The Labute approximate surface area is 126 Å². The fraction of sp³-hybridized carbons (Fsp3) is 0.467. The van der Waals surface area contributed by atoms with E-state index in [1.807, 2.05) is 34.6 Å². The van der Waals surface area contributed by atoms with Crippen LogP contribution in [0.4, 0.5) is 0 Å². The second-order valence-corrected chi connectivity index (χ2v) is 6.24. The number of halogens is 1. The monoisotopic (exact) mass is 335 g/mol. The van der Waals surface area contributed by atoms with Gasteiger partial charge in [-0.25, -0.2) is 4.98 Å². The van der Waals surface area contributed by atoms with Gasteiger partial charge in [-0.3, -0.25) is 9.20 Å². The highest BCUT2D eigenvalue weighted by atomic mass is 79.9. The van der Waals surface area contributed by atoms with E-state index >= 15 is 0 Å². The molecule has 0 aromatic carbocycles. The Morgan fingerprint density at radius 2 is 1.90 bits per heavy atom. The van der Waals surface area contributed by atoms with Crippen molar-refractivity contribution in [3.05, 3.63) is 34.2 Å². The Kier molecular flexibility index (Phi) is 3.78. The Bertz CT molecular complexity index is 642. The molecule has 1 aliphatic heterocycles. The molecular formula is C15H18BrN3O. The zero-order chi connectivity index (χ0) is 14.1. The van der Waals surface area contributed by atoms with Gasteiger partial charge in [-0.15, -0.1) is 0 Å². The molecule has 4 nitrogen and oxygen atoms in total. The molecule has 1 fully saturated rings. The molecule has 2 aromatic heterocycles. The van der Waals surface area contributed by atoms with Crippen molar-refractivity contribution in [3.8, 4) is 0 Å². The molecule has 20 heavy (non-hydrogen) atoms. The van der Waals surface area contributed by atoms with Crippen molar-refractivity contribution in [1.29, 1.82) is 0 Å². The number of pyridine rings is 1. The minimum Gasteiger partial charge on any atom is -0.337 e. The molecule has 0 bridgehead atoms. The van der Waals surface area contributed by atoms with Crippen LogP contribution in [0, 0.1) is 6.92 Å². The van der Waals surface area contributed by atoms with Crippen LogP contribution in [0.2, 0.25) is 0 Å². The highest BCUT2D eigenvalue weighted by Crippen LogP contribution is 2.20. The molecule has 0 atom stereocenters. The number of amides is 1. The van der Waals surface area contributed by atoms with Crippen LogP contribution in [-0.2, 0) is 0 Å². The predicted molar refractivity (Wildman–Crippen MR) is 82.0 cm³/mol. The third kappa shape index (κ3) is 2.46. The number of carbonyl (C=O) groups excluding carboxylic acids is 1. The van der Waals surface area contributed by atoms with Crippen LogP contribution in [0.25, 0.3) is 5.65 Å². The first kappa shape index (κ1) is 13.6. The number of carbonyl (C=O) groups is 1. The number of imidazole rings is 1. The van der Waals surface area contributed by atoms with Crippen LogP contribution < -0.4 is 0 Å². The van der Waals surface area contributed by atoms with Gasteiger partial charge in [-0.2, -0.15) is 0 Å². The topological polar surface area (TPSA) is 37.6 Å². The molecule has 0 spiro atoms. The van der Waals surface area contributed by atoms with Crippen molar-refractivity contribution in [2.24, 2.45) is 0 Å². The molecule has 5 heteroatoms. The van der Waals surface area contributed by atoms with Crippen molar-refractivity contribution in [2.75, 3.05) is 13.1 Å². The van der Waals surface area contributed by atoms with Crippen LogP contribution >= 0.6 is 15.9 Å². The molecule has 1 saturated heterocycles. The Balaban J connectivity index is 2.01. The summed E-state index contributed by atoms with van der Waals surface area (Å²) in [6.45, 7) is 3.63. The maximum absolute atomic E-state index is 12.8. The lowest BCUT2D eigenvalue weighted by atomic mass is 10.2. The molecule has 3 rings (SSSR count). The van der Waals surface area contributed by atoms with Crippen molar-refractivity contribution in [1.82, 2.24) is 14.3 Å². The molecule has 0 unspecified atom stereocenters. The van der Waals surface area contributed by atoms with Crippen LogP contribution in [0.1, 0.15) is 41.9 Å². The minimum atomic E-state index is 0.106. The van der Waals surface area contributed by atoms with Crippen LogP contribution in [0.15, 0.2) is 22.8 Å². The van der Waals surface area contributed by atoms with Gasteiger partial charge in [-0.1, -0.05) is 12.8 Å². The van der Waals surface area contributed by atoms with Crippen molar-refractivity contribution >= 4 is 27.5 Å². The van der Waals surface area contributed by atoms with E-state index in [-0.39, 0.29) is 5.91 Å². The summed E-state index contributed by atoms with van der Waals surface area (Å²) in [7, 11) is 0. The van der Waals surface area contributed by atoms with E-state index in [1.54, 1.807) is 0 Å². The third-order valence-corrected chi connectivity index (χ3v) is 4.32. The smallest absolute Gasteiger partial charge is 0.272 e. The quantitative estimate of drug-likeness (QED) is 0.800. The Morgan fingerprint density at radius 1 is 1.20 bits per heavy atom. The lowest BCUT2D eigenvalue weighted by molar-refractivity contribution is 0.0754. The van der Waals surface area contributed by atoms with Crippen LogP contribution in [0.3, 0.4) is 0 Å². The SMILES string of the molecule is Cc1nc2ccc(Br)cn2c1C(=O)N1CCCCCC1. The maximum atomic E-state index is 12.8. The van der Waals surface area contributed by atoms with Gasteiger partial charge in [0.25, 0.3) is 5.91 Å². The largest absolute Gasteiger partial charge is 0.337 e. The summed E-state index contributed by atoms with van der Waals surface area (Å²) in [5.41, 5.74) is 2.32. The van der Waals surface area contributed by atoms with Crippen LogP contribution in [0.5, 0.6) is 0 Å². The molecule has 0 N–H and O–H groups in total. The van der Waals surface area contributed by atoms with Gasteiger partial charge >= 0.3 is 0 Å². The maximum Gasteiger partial charge on any atom is 0.272 e. The average Bonchev–Trinajstić information content (AvgIpc) is 2.63. The second kappa shape index (κ2) is 5.56. The van der Waals surface area contributed by atoms with Crippen molar-refractivity contribution in [3.63, 3.8) is 0 Å². The summed E-state index contributed by atoms with van der Waals surface area (Å²) in [6, 6.07) is 3.87. The van der Waals surface area contributed by atoms with Gasteiger partial charge in [0.15, 0.2) is 0 Å². The first-order valence-electron chi connectivity index (χ1n) is 7.10. The summed E-state index contributed by atoms with van der Waals surface area (Å²) in [6.07, 6.45) is 6.57. The number of hydrogen-bond acceptors (Lipinski definition) is 2. The van der Waals surface area contributed by atoms with Gasteiger partial charge in [-0.05, 0) is 47.8 Å². The zero-order valence-corrected chi connectivity index (χ0v) is 13.2. The highest BCUT2D eigenvalue weighted by molar-refractivity contribution is 9.10. The van der Waals surface area contributed by atoms with Crippen molar-refractivity contribution in [2.45, 2.75) is 32.6 Å².